The molecule has 1 nitrogen and oxygen atoms in total. The standard InChI is InChI=1S/C11H23N.3C2H6/c1-4-7-9-11-12(6-3)10-8-5-2;3*1-2/h4H,1,5-11H2,2-3H3;3*1-2H3. The molecule has 1 heteroatoms. The largest absolute Gasteiger partial charge is 0.304 e. The first kappa shape index (κ1) is 26.3. The fraction of sp³-hybridized carbons (Fsp3) is 0.882. The lowest BCUT2D eigenvalue weighted by atomic mass is 10.2. The van der Waals surface area contributed by atoms with E-state index in [1.807, 2.05) is 47.6 Å². The Morgan fingerprint density at radius 3 is 1.61 bits per heavy atom. The van der Waals surface area contributed by atoms with Gasteiger partial charge in [-0.15, -0.1) is 6.58 Å². The van der Waals surface area contributed by atoms with Crippen molar-refractivity contribution in [3.05, 3.63) is 12.7 Å². The van der Waals surface area contributed by atoms with Crippen LogP contribution in [0, 0.1) is 0 Å². The summed E-state index contributed by atoms with van der Waals surface area (Å²) in [7, 11) is 0. The van der Waals surface area contributed by atoms with Crippen LogP contribution in [0.4, 0.5) is 0 Å². The van der Waals surface area contributed by atoms with Crippen LogP contribution in [0.25, 0.3) is 0 Å². The van der Waals surface area contributed by atoms with Crippen molar-refractivity contribution >= 4 is 0 Å². The van der Waals surface area contributed by atoms with Crippen LogP contribution in [0.3, 0.4) is 0 Å². The van der Waals surface area contributed by atoms with Gasteiger partial charge in [0.2, 0.25) is 0 Å². The predicted molar refractivity (Wildman–Crippen MR) is 90.5 cm³/mol. The highest BCUT2D eigenvalue weighted by molar-refractivity contribution is 4.67. The lowest BCUT2D eigenvalue weighted by Gasteiger charge is -2.19. The van der Waals surface area contributed by atoms with Crippen molar-refractivity contribution in [2.45, 2.75) is 81.1 Å². The molecule has 18 heavy (non-hydrogen) atoms. The molecule has 0 N–H and O–H groups in total. The molecule has 0 rings (SSSR count). The Bertz CT molecular complexity index is 99.8. The molecule has 0 amide bonds. The van der Waals surface area contributed by atoms with E-state index in [0.29, 0.717) is 0 Å². The maximum atomic E-state index is 3.73. The minimum absolute atomic E-state index is 1.16. The molecule has 0 spiro atoms. The average molecular weight is 260 g/mol. The van der Waals surface area contributed by atoms with Crippen molar-refractivity contribution in [2.75, 3.05) is 19.6 Å². The van der Waals surface area contributed by atoms with Gasteiger partial charge in [0.25, 0.3) is 0 Å². The van der Waals surface area contributed by atoms with Crippen LogP contribution in [0.5, 0.6) is 0 Å². The van der Waals surface area contributed by atoms with Gasteiger partial charge in [-0.2, -0.15) is 0 Å². The average Bonchev–Trinajstić information content (AvgIpc) is 2.49. The molecule has 0 unspecified atom stereocenters. The Kier molecular flexibility index (Phi) is 52.5. The highest BCUT2D eigenvalue weighted by Gasteiger charge is 1.99. The van der Waals surface area contributed by atoms with Gasteiger partial charge in [0.05, 0.1) is 0 Å². The molecule has 0 saturated carbocycles. The van der Waals surface area contributed by atoms with Crippen LogP contribution in [0.1, 0.15) is 81.1 Å². The van der Waals surface area contributed by atoms with Gasteiger partial charge in [-0.25, -0.2) is 0 Å². The lowest BCUT2D eigenvalue weighted by Crippen LogP contribution is -2.25. The van der Waals surface area contributed by atoms with Crippen LogP contribution in [-0.2, 0) is 0 Å². The van der Waals surface area contributed by atoms with Crippen LogP contribution in [-0.4, -0.2) is 24.5 Å². The number of hydrogen-bond acceptors (Lipinski definition) is 1. The summed E-state index contributed by atoms with van der Waals surface area (Å²) in [4.78, 5) is 2.52. The number of unbranched alkanes of at least 4 members (excludes halogenated alkanes) is 2. The molecule has 0 aromatic carbocycles. The topological polar surface area (TPSA) is 3.24 Å². The maximum Gasteiger partial charge on any atom is -0.00159 e. The van der Waals surface area contributed by atoms with E-state index in [1.165, 1.54) is 38.9 Å². The predicted octanol–water partition coefficient (Wildman–Crippen LogP) is 6.15. The summed E-state index contributed by atoms with van der Waals surface area (Å²) >= 11 is 0. The zero-order valence-corrected chi connectivity index (χ0v) is 14.7. The summed E-state index contributed by atoms with van der Waals surface area (Å²) in [5.74, 6) is 0. The SMILES string of the molecule is C=CCCCN(CC)CCCC.CC.CC.CC. The Morgan fingerprint density at radius 2 is 1.28 bits per heavy atom. The quantitative estimate of drug-likeness (QED) is 0.373. The smallest absolute Gasteiger partial charge is 0.00159 e. The molecular formula is C17H41N. The van der Waals surface area contributed by atoms with Crippen LogP contribution < -0.4 is 0 Å². The molecule has 0 aromatic rings. The Morgan fingerprint density at radius 1 is 0.833 bits per heavy atom. The van der Waals surface area contributed by atoms with E-state index in [0.717, 1.165) is 6.42 Å². The van der Waals surface area contributed by atoms with Crippen LogP contribution in [0.2, 0.25) is 0 Å². The summed E-state index contributed by atoms with van der Waals surface area (Å²) in [5, 5.41) is 0. The molecule has 0 aromatic heterocycles. The minimum atomic E-state index is 1.16. The van der Waals surface area contributed by atoms with Crippen molar-refractivity contribution in [3.8, 4) is 0 Å². The van der Waals surface area contributed by atoms with Gasteiger partial charge in [-0.3, -0.25) is 0 Å². The second-order valence-electron chi connectivity index (χ2n) is 3.22. The monoisotopic (exact) mass is 259 g/mol. The lowest BCUT2D eigenvalue weighted by molar-refractivity contribution is 0.281. The van der Waals surface area contributed by atoms with E-state index in [-0.39, 0.29) is 0 Å². The van der Waals surface area contributed by atoms with Crippen molar-refractivity contribution in [2.24, 2.45) is 0 Å². The second-order valence-corrected chi connectivity index (χ2v) is 3.22. The van der Waals surface area contributed by atoms with E-state index in [9.17, 15) is 0 Å². The van der Waals surface area contributed by atoms with E-state index in [1.54, 1.807) is 0 Å². The molecule has 0 fully saturated rings. The molecule has 114 valence electrons. The summed E-state index contributed by atoms with van der Waals surface area (Å²) in [5.41, 5.74) is 0. The van der Waals surface area contributed by atoms with Gasteiger partial charge in [-0.05, 0) is 38.9 Å². The molecule has 0 saturated heterocycles. The van der Waals surface area contributed by atoms with Gasteiger partial charge in [0.15, 0.2) is 0 Å². The Hall–Kier alpha value is -0.300. The highest BCUT2D eigenvalue weighted by Crippen LogP contribution is 1.98. The van der Waals surface area contributed by atoms with E-state index >= 15 is 0 Å². The van der Waals surface area contributed by atoms with Gasteiger partial charge in [-0.1, -0.05) is 67.9 Å². The Labute approximate surface area is 119 Å². The molecule has 0 aliphatic rings. The molecule has 0 aliphatic carbocycles. The van der Waals surface area contributed by atoms with Crippen molar-refractivity contribution in [1.29, 1.82) is 0 Å². The van der Waals surface area contributed by atoms with Crippen LogP contribution >= 0.6 is 0 Å². The van der Waals surface area contributed by atoms with E-state index in [2.05, 4.69) is 25.3 Å². The molecule has 0 radical (unpaired) electrons. The second kappa shape index (κ2) is 36.0. The molecule has 0 bridgehead atoms. The van der Waals surface area contributed by atoms with E-state index in [4.69, 9.17) is 0 Å². The zero-order chi connectivity index (χ0) is 15.2. The summed E-state index contributed by atoms with van der Waals surface area (Å²) in [6, 6.07) is 0. The summed E-state index contributed by atoms with van der Waals surface area (Å²) in [6.07, 6.45) is 7.07. The van der Waals surface area contributed by atoms with Gasteiger partial charge in [0.1, 0.15) is 0 Å². The third-order valence-electron chi connectivity index (χ3n) is 2.16. The highest BCUT2D eigenvalue weighted by atomic mass is 15.1. The van der Waals surface area contributed by atoms with E-state index < -0.39 is 0 Å². The first-order valence-electron chi connectivity index (χ1n) is 8.18. The van der Waals surface area contributed by atoms with Crippen LogP contribution in [0.15, 0.2) is 12.7 Å². The third kappa shape index (κ3) is 29.6. The van der Waals surface area contributed by atoms with Gasteiger partial charge < -0.3 is 4.90 Å². The molecule has 0 atom stereocenters. The van der Waals surface area contributed by atoms with Gasteiger partial charge >= 0.3 is 0 Å². The number of hydrogen-bond donors (Lipinski definition) is 0. The normalized spacial score (nSPS) is 8.06. The number of rotatable bonds is 8. The van der Waals surface area contributed by atoms with Gasteiger partial charge in [0, 0.05) is 0 Å². The maximum absolute atomic E-state index is 3.73. The van der Waals surface area contributed by atoms with Crippen molar-refractivity contribution in [3.63, 3.8) is 0 Å². The summed E-state index contributed by atoms with van der Waals surface area (Å²) < 4.78 is 0. The Balaban J connectivity index is -0.000000141. The minimum Gasteiger partial charge on any atom is -0.304 e. The molecule has 0 aliphatic heterocycles. The number of allylic oxidation sites excluding steroid dienone is 1. The zero-order valence-electron chi connectivity index (χ0n) is 14.7. The fourth-order valence-corrected chi connectivity index (χ4v) is 1.27. The summed E-state index contributed by atoms with van der Waals surface area (Å²) in [6.45, 7) is 23.9. The molecule has 0 heterocycles. The fourth-order valence-electron chi connectivity index (χ4n) is 1.27. The van der Waals surface area contributed by atoms with Crippen molar-refractivity contribution < 1.29 is 0 Å². The third-order valence-corrected chi connectivity index (χ3v) is 2.16. The first-order valence-corrected chi connectivity index (χ1v) is 8.18. The number of nitrogens with zero attached hydrogens (tertiary/aromatic N) is 1. The molecular weight excluding hydrogens is 218 g/mol. The first-order chi connectivity index (χ1) is 8.85. The van der Waals surface area contributed by atoms with Crippen molar-refractivity contribution in [1.82, 2.24) is 4.90 Å².